The fourth-order valence-corrected chi connectivity index (χ4v) is 2.86. The van der Waals surface area contributed by atoms with Crippen molar-refractivity contribution in [3.63, 3.8) is 0 Å². The number of fused-ring (bicyclic) bond motifs is 1. The van der Waals surface area contributed by atoms with Gasteiger partial charge in [-0.15, -0.1) is 0 Å². The number of anilines is 1. The number of hydrogen-bond donors (Lipinski definition) is 1. The summed E-state index contributed by atoms with van der Waals surface area (Å²) in [7, 11) is 2.03. The van der Waals surface area contributed by atoms with Gasteiger partial charge in [0.1, 0.15) is 0 Å². The molecule has 1 aliphatic rings. The van der Waals surface area contributed by atoms with Gasteiger partial charge in [0.25, 0.3) is 0 Å². The minimum Gasteiger partial charge on any atom is -0.371 e. The summed E-state index contributed by atoms with van der Waals surface area (Å²) in [5, 5.41) is 4.55. The number of pyridine rings is 1. The average Bonchev–Trinajstić information content (AvgIpc) is 2.87. The largest absolute Gasteiger partial charge is 0.371 e. The van der Waals surface area contributed by atoms with Crippen LogP contribution in [0, 0.1) is 5.92 Å². The molecule has 94 valence electrons. The molecule has 3 rings (SSSR count). The maximum Gasteiger partial charge on any atom is 0.0722 e. The summed E-state index contributed by atoms with van der Waals surface area (Å²) < 4.78 is 0. The van der Waals surface area contributed by atoms with Crippen LogP contribution >= 0.6 is 0 Å². The van der Waals surface area contributed by atoms with Crippen LogP contribution in [0.15, 0.2) is 36.5 Å². The molecular formula is C15H19N3. The van der Waals surface area contributed by atoms with Gasteiger partial charge in [0, 0.05) is 30.4 Å². The van der Waals surface area contributed by atoms with Gasteiger partial charge < -0.3 is 10.2 Å². The summed E-state index contributed by atoms with van der Waals surface area (Å²) in [6, 6.07) is 10.5. The van der Waals surface area contributed by atoms with Crippen molar-refractivity contribution in [3.8, 4) is 0 Å². The van der Waals surface area contributed by atoms with E-state index in [9.17, 15) is 0 Å². The summed E-state index contributed by atoms with van der Waals surface area (Å²) in [6.45, 7) is 3.41. The van der Waals surface area contributed by atoms with E-state index in [2.05, 4.69) is 39.5 Å². The number of rotatable bonds is 3. The summed E-state index contributed by atoms with van der Waals surface area (Å²) in [4.78, 5) is 6.92. The first-order valence-electron chi connectivity index (χ1n) is 6.62. The fraction of sp³-hybridized carbons (Fsp3) is 0.400. The number of hydrogen-bond acceptors (Lipinski definition) is 3. The molecular weight excluding hydrogens is 222 g/mol. The molecule has 0 aliphatic carbocycles. The molecule has 1 saturated heterocycles. The van der Waals surface area contributed by atoms with E-state index in [1.807, 2.05) is 19.3 Å². The predicted octanol–water partition coefficient (Wildman–Crippen LogP) is 2.28. The fourth-order valence-electron chi connectivity index (χ4n) is 2.86. The van der Waals surface area contributed by atoms with Crippen molar-refractivity contribution >= 4 is 16.6 Å². The van der Waals surface area contributed by atoms with Crippen LogP contribution in [0.3, 0.4) is 0 Å². The first-order chi connectivity index (χ1) is 8.88. The molecule has 18 heavy (non-hydrogen) atoms. The summed E-state index contributed by atoms with van der Waals surface area (Å²) in [6.07, 6.45) is 3.19. The van der Waals surface area contributed by atoms with Crippen molar-refractivity contribution in [2.45, 2.75) is 6.42 Å². The lowest BCUT2D eigenvalue weighted by Gasteiger charge is -2.20. The van der Waals surface area contributed by atoms with E-state index < -0.39 is 0 Å². The molecule has 1 aromatic heterocycles. The Balaban J connectivity index is 1.91. The van der Waals surface area contributed by atoms with Gasteiger partial charge in [-0.1, -0.05) is 18.2 Å². The lowest BCUT2D eigenvalue weighted by molar-refractivity contribution is 0.549. The van der Waals surface area contributed by atoms with Gasteiger partial charge in [0.05, 0.1) is 5.52 Å². The van der Waals surface area contributed by atoms with Crippen molar-refractivity contribution in [1.82, 2.24) is 10.3 Å². The van der Waals surface area contributed by atoms with Crippen LogP contribution in [-0.2, 0) is 0 Å². The highest BCUT2D eigenvalue weighted by molar-refractivity contribution is 5.91. The van der Waals surface area contributed by atoms with Crippen LogP contribution in [0.5, 0.6) is 0 Å². The second kappa shape index (κ2) is 4.94. The molecule has 2 aromatic rings. The Labute approximate surface area is 108 Å². The number of nitrogens with zero attached hydrogens (tertiary/aromatic N) is 2. The summed E-state index contributed by atoms with van der Waals surface area (Å²) in [5.41, 5.74) is 2.42. The van der Waals surface area contributed by atoms with E-state index in [4.69, 9.17) is 0 Å². The molecule has 1 fully saturated rings. The molecule has 3 nitrogen and oxygen atoms in total. The third-order valence-electron chi connectivity index (χ3n) is 3.75. The Bertz CT molecular complexity index is 533. The highest BCUT2D eigenvalue weighted by Gasteiger charge is 2.23. The first kappa shape index (κ1) is 11.5. The quantitative estimate of drug-likeness (QED) is 0.893. The first-order valence-corrected chi connectivity index (χ1v) is 6.62. The van der Waals surface area contributed by atoms with E-state index in [-0.39, 0.29) is 0 Å². The summed E-state index contributed by atoms with van der Waals surface area (Å²) in [5.74, 6) is 0.766. The lowest BCUT2D eigenvalue weighted by atomic mass is 10.1. The van der Waals surface area contributed by atoms with Crippen LogP contribution in [-0.4, -0.2) is 31.7 Å². The number of para-hydroxylation sites is 1. The maximum absolute atomic E-state index is 4.43. The van der Waals surface area contributed by atoms with Gasteiger partial charge in [-0.2, -0.15) is 0 Å². The average molecular weight is 241 g/mol. The third kappa shape index (κ3) is 2.06. The van der Waals surface area contributed by atoms with E-state index in [1.165, 1.54) is 17.5 Å². The molecule has 0 saturated carbocycles. The molecule has 1 atom stereocenters. The minimum atomic E-state index is 0.766. The van der Waals surface area contributed by atoms with E-state index in [0.717, 1.165) is 31.1 Å². The monoisotopic (exact) mass is 241 g/mol. The van der Waals surface area contributed by atoms with Crippen molar-refractivity contribution in [2.75, 3.05) is 31.6 Å². The Hall–Kier alpha value is -1.61. The Kier molecular flexibility index (Phi) is 3.15. The number of nitrogens with one attached hydrogen (secondary N) is 1. The molecule has 2 heterocycles. The third-order valence-corrected chi connectivity index (χ3v) is 3.75. The van der Waals surface area contributed by atoms with Crippen LogP contribution in [0.1, 0.15) is 6.42 Å². The topological polar surface area (TPSA) is 28.2 Å². The van der Waals surface area contributed by atoms with E-state index in [1.54, 1.807) is 0 Å². The molecule has 0 radical (unpaired) electrons. The van der Waals surface area contributed by atoms with Gasteiger partial charge in [0.15, 0.2) is 0 Å². The lowest BCUT2D eigenvalue weighted by Crippen LogP contribution is -2.24. The zero-order chi connectivity index (χ0) is 12.4. The maximum atomic E-state index is 4.43. The number of benzene rings is 1. The molecule has 3 heteroatoms. The zero-order valence-corrected chi connectivity index (χ0v) is 10.8. The normalized spacial score (nSPS) is 19.6. The van der Waals surface area contributed by atoms with Crippen LogP contribution in [0.2, 0.25) is 0 Å². The van der Waals surface area contributed by atoms with Gasteiger partial charge in [-0.05, 0) is 38.1 Å². The van der Waals surface area contributed by atoms with E-state index >= 15 is 0 Å². The predicted molar refractivity (Wildman–Crippen MR) is 76.0 cm³/mol. The van der Waals surface area contributed by atoms with Crippen LogP contribution in [0.25, 0.3) is 10.9 Å². The second-order valence-corrected chi connectivity index (χ2v) is 5.01. The molecule has 1 N–H and O–H groups in total. The van der Waals surface area contributed by atoms with Crippen LogP contribution < -0.4 is 10.2 Å². The molecule has 1 aliphatic heterocycles. The van der Waals surface area contributed by atoms with Crippen molar-refractivity contribution in [3.05, 3.63) is 36.5 Å². The molecule has 1 aromatic carbocycles. The SMILES string of the molecule is CNCC1CCN(c2ccnc3ccccc23)C1. The Morgan fingerprint density at radius 2 is 2.22 bits per heavy atom. The van der Waals surface area contributed by atoms with Gasteiger partial charge in [-0.3, -0.25) is 4.98 Å². The smallest absolute Gasteiger partial charge is 0.0722 e. The van der Waals surface area contributed by atoms with Crippen molar-refractivity contribution in [1.29, 1.82) is 0 Å². The molecule has 0 amide bonds. The highest BCUT2D eigenvalue weighted by Crippen LogP contribution is 2.29. The highest BCUT2D eigenvalue weighted by atomic mass is 15.2. The van der Waals surface area contributed by atoms with Crippen molar-refractivity contribution in [2.24, 2.45) is 5.92 Å². The Morgan fingerprint density at radius 1 is 1.33 bits per heavy atom. The minimum absolute atomic E-state index is 0.766. The van der Waals surface area contributed by atoms with Crippen molar-refractivity contribution < 1.29 is 0 Å². The summed E-state index contributed by atoms with van der Waals surface area (Å²) >= 11 is 0. The van der Waals surface area contributed by atoms with E-state index in [0.29, 0.717) is 0 Å². The standard InChI is InChI=1S/C15H19N3/c1-16-10-12-7-9-18(11-12)15-6-8-17-14-5-3-2-4-13(14)15/h2-6,8,12,16H,7,9-11H2,1H3. The molecule has 0 spiro atoms. The van der Waals surface area contributed by atoms with Gasteiger partial charge in [-0.25, -0.2) is 0 Å². The zero-order valence-electron chi connectivity index (χ0n) is 10.8. The second-order valence-electron chi connectivity index (χ2n) is 5.01. The number of aromatic nitrogens is 1. The molecule has 1 unspecified atom stereocenters. The molecule has 0 bridgehead atoms. The van der Waals surface area contributed by atoms with Gasteiger partial charge >= 0.3 is 0 Å². The Morgan fingerprint density at radius 3 is 3.11 bits per heavy atom. The van der Waals surface area contributed by atoms with Crippen LogP contribution in [0.4, 0.5) is 5.69 Å². The van der Waals surface area contributed by atoms with Gasteiger partial charge in [0.2, 0.25) is 0 Å².